The van der Waals surface area contributed by atoms with Gasteiger partial charge in [-0.3, -0.25) is 0 Å². The van der Waals surface area contributed by atoms with Gasteiger partial charge in [0.05, 0.1) is 12.8 Å². The van der Waals surface area contributed by atoms with Crippen LogP contribution < -0.4 is 11.1 Å². The molecule has 0 radical (unpaired) electrons. The molecule has 0 atom stereocenters. The van der Waals surface area contributed by atoms with Gasteiger partial charge in [-0.1, -0.05) is 0 Å². The topological polar surface area (TPSA) is 86.2 Å². The second kappa shape index (κ2) is 6.02. The minimum Gasteiger partial charge on any atom is -0.467 e. The molecule has 0 saturated heterocycles. The molecule has 0 spiro atoms. The zero-order chi connectivity index (χ0) is 12.8. The zero-order valence-corrected chi connectivity index (χ0v) is 10.2. The minimum atomic E-state index is 0.358. The van der Waals surface area contributed by atoms with Crippen molar-refractivity contribution < 1.29 is 9.15 Å². The van der Waals surface area contributed by atoms with Crippen LogP contribution in [0.25, 0.3) is 0 Å². The minimum absolute atomic E-state index is 0.358. The van der Waals surface area contributed by atoms with Crippen LogP contribution in [-0.2, 0) is 17.9 Å². The predicted molar refractivity (Wildman–Crippen MR) is 67.8 cm³/mol. The molecule has 0 bridgehead atoms. The molecule has 2 heterocycles. The highest BCUT2D eigenvalue weighted by Gasteiger charge is 2.03. The first-order valence-electron chi connectivity index (χ1n) is 5.75. The van der Waals surface area contributed by atoms with Crippen molar-refractivity contribution in [2.75, 3.05) is 17.7 Å². The maximum Gasteiger partial charge on any atom is 0.158 e. The van der Waals surface area contributed by atoms with Gasteiger partial charge in [-0.2, -0.15) is 0 Å². The van der Waals surface area contributed by atoms with Crippen molar-refractivity contribution in [1.29, 1.82) is 0 Å². The summed E-state index contributed by atoms with van der Waals surface area (Å²) >= 11 is 0. The number of nitrogen functional groups attached to an aromatic ring is 1. The predicted octanol–water partition coefficient (Wildman–Crippen LogP) is 1.80. The van der Waals surface area contributed by atoms with Gasteiger partial charge in [-0.05, 0) is 19.1 Å². The van der Waals surface area contributed by atoms with E-state index in [0.29, 0.717) is 37.2 Å². The number of hydrogen-bond donors (Lipinski definition) is 2. The van der Waals surface area contributed by atoms with Crippen LogP contribution in [-0.4, -0.2) is 16.6 Å². The third kappa shape index (κ3) is 3.46. The summed E-state index contributed by atoms with van der Waals surface area (Å²) in [6, 6.07) is 5.41. The molecule has 2 rings (SSSR count). The summed E-state index contributed by atoms with van der Waals surface area (Å²) in [5, 5.41) is 3.12. The summed E-state index contributed by atoms with van der Waals surface area (Å²) < 4.78 is 10.5. The highest BCUT2D eigenvalue weighted by atomic mass is 16.5. The van der Waals surface area contributed by atoms with Crippen LogP contribution in [0.5, 0.6) is 0 Å². The van der Waals surface area contributed by atoms with Gasteiger partial charge in [0.1, 0.15) is 24.0 Å². The second-order valence-corrected chi connectivity index (χ2v) is 3.66. The first-order valence-corrected chi connectivity index (χ1v) is 5.75. The van der Waals surface area contributed by atoms with Crippen LogP contribution in [0.15, 0.2) is 28.9 Å². The van der Waals surface area contributed by atoms with E-state index in [4.69, 9.17) is 14.9 Å². The van der Waals surface area contributed by atoms with Gasteiger partial charge in [0.25, 0.3) is 0 Å². The van der Waals surface area contributed by atoms with Crippen LogP contribution >= 0.6 is 0 Å². The number of furan rings is 1. The molecule has 18 heavy (non-hydrogen) atoms. The molecule has 0 fully saturated rings. The zero-order valence-electron chi connectivity index (χ0n) is 10.2. The molecule has 2 aromatic heterocycles. The summed E-state index contributed by atoms with van der Waals surface area (Å²) in [7, 11) is 0. The van der Waals surface area contributed by atoms with E-state index in [2.05, 4.69) is 15.3 Å². The standard InChI is InChI=1S/C12H16N4O2/c1-2-17-8-12-15-10(13)6-11(16-12)14-7-9-4-3-5-18-9/h3-6H,2,7-8H2,1H3,(H3,13,14,15,16). The number of nitrogens with zero attached hydrogens (tertiary/aromatic N) is 2. The number of rotatable bonds is 6. The Labute approximate surface area is 105 Å². The van der Waals surface area contributed by atoms with Gasteiger partial charge in [-0.15, -0.1) is 0 Å². The SMILES string of the molecule is CCOCc1nc(N)cc(NCc2ccco2)n1. The van der Waals surface area contributed by atoms with Crippen molar-refractivity contribution in [1.82, 2.24) is 9.97 Å². The first kappa shape index (κ1) is 12.4. The lowest BCUT2D eigenvalue weighted by Crippen LogP contribution is -2.07. The van der Waals surface area contributed by atoms with Gasteiger partial charge in [0.2, 0.25) is 0 Å². The van der Waals surface area contributed by atoms with Crippen LogP contribution in [0.4, 0.5) is 11.6 Å². The number of hydrogen-bond acceptors (Lipinski definition) is 6. The van der Waals surface area contributed by atoms with E-state index in [1.807, 2.05) is 19.1 Å². The highest BCUT2D eigenvalue weighted by Crippen LogP contribution is 2.11. The number of nitrogens with one attached hydrogen (secondary N) is 1. The molecule has 0 unspecified atom stereocenters. The average molecular weight is 248 g/mol. The Bertz CT molecular complexity index is 485. The van der Waals surface area contributed by atoms with Crippen molar-refractivity contribution >= 4 is 11.6 Å². The summed E-state index contributed by atoms with van der Waals surface area (Å²) in [6.07, 6.45) is 1.63. The fraction of sp³-hybridized carbons (Fsp3) is 0.333. The van der Waals surface area contributed by atoms with Gasteiger partial charge >= 0.3 is 0 Å². The molecular weight excluding hydrogens is 232 g/mol. The molecule has 6 nitrogen and oxygen atoms in total. The third-order valence-electron chi connectivity index (χ3n) is 2.25. The monoisotopic (exact) mass is 248 g/mol. The normalized spacial score (nSPS) is 10.5. The van der Waals surface area contributed by atoms with E-state index in [1.54, 1.807) is 12.3 Å². The number of nitrogens with two attached hydrogens (primary N) is 1. The summed E-state index contributed by atoms with van der Waals surface area (Å²) in [6.45, 7) is 3.45. The van der Waals surface area contributed by atoms with E-state index in [9.17, 15) is 0 Å². The van der Waals surface area contributed by atoms with Gasteiger partial charge in [0.15, 0.2) is 5.82 Å². The van der Waals surface area contributed by atoms with Crippen molar-refractivity contribution in [3.05, 3.63) is 36.0 Å². The molecule has 0 aliphatic heterocycles. The van der Waals surface area contributed by atoms with E-state index < -0.39 is 0 Å². The average Bonchev–Trinajstić information content (AvgIpc) is 2.86. The molecule has 2 aromatic rings. The maximum atomic E-state index is 5.71. The Morgan fingerprint density at radius 1 is 1.44 bits per heavy atom. The lowest BCUT2D eigenvalue weighted by molar-refractivity contribution is 0.128. The van der Waals surface area contributed by atoms with Gasteiger partial charge in [-0.25, -0.2) is 9.97 Å². The molecule has 0 aromatic carbocycles. The van der Waals surface area contributed by atoms with Gasteiger partial charge < -0.3 is 20.2 Å². The van der Waals surface area contributed by atoms with Crippen molar-refractivity contribution in [3.8, 4) is 0 Å². The Balaban J connectivity index is 2.00. The molecule has 96 valence electrons. The van der Waals surface area contributed by atoms with Crippen LogP contribution in [0.1, 0.15) is 18.5 Å². The molecular formula is C12H16N4O2. The smallest absolute Gasteiger partial charge is 0.158 e. The van der Waals surface area contributed by atoms with E-state index in [1.165, 1.54) is 0 Å². The third-order valence-corrected chi connectivity index (χ3v) is 2.25. The van der Waals surface area contributed by atoms with Crippen LogP contribution in [0.2, 0.25) is 0 Å². The molecule has 0 saturated carbocycles. The van der Waals surface area contributed by atoms with E-state index in [0.717, 1.165) is 5.76 Å². The fourth-order valence-corrected chi connectivity index (χ4v) is 1.46. The van der Waals surface area contributed by atoms with Gasteiger partial charge in [0, 0.05) is 12.7 Å². The van der Waals surface area contributed by atoms with Crippen molar-refractivity contribution in [2.24, 2.45) is 0 Å². The van der Waals surface area contributed by atoms with Crippen molar-refractivity contribution in [2.45, 2.75) is 20.1 Å². The number of anilines is 2. The van der Waals surface area contributed by atoms with E-state index >= 15 is 0 Å². The number of ether oxygens (including phenoxy) is 1. The Morgan fingerprint density at radius 2 is 2.33 bits per heavy atom. The lowest BCUT2D eigenvalue weighted by Gasteiger charge is -2.07. The molecule has 0 aliphatic carbocycles. The Hall–Kier alpha value is -2.08. The quantitative estimate of drug-likeness (QED) is 0.810. The largest absolute Gasteiger partial charge is 0.467 e. The lowest BCUT2D eigenvalue weighted by atomic mass is 10.4. The fourth-order valence-electron chi connectivity index (χ4n) is 1.46. The van der Waals surface area contributed by atoms with Crippen LogP contribution in [0.3, 0.4) is 0 Å². The molecule has 0 aliphatic rings. The van der Waals surface area contributed by atoms with Crippen molar-refractivity contribution in [3.63, 3.8) is 0 Å². The first-order chi connectivity index (χ1) is 8.78. The summed E-state index contributed by atoms with van der Waals surface area (Å²) in [4.78, 5) is 8.40. The maximum absolute atomic E-state index is 5.71. The molecule has 6 heteroatoms. The number of aromatic nitrogens is 2. The summed E-state index contributed by atoms with van der Waals surface area (Å²) in [5.74, 6) is 2.48. The Morgan fingerprint density at radius 3 is 3.06 bits per heavy atom. The Kier molecular flexibility index (Phi) is 4.14. The molecule has 3 N–H and O–H groups in total. The summed E-state index contributed by atoms with van der Waals surface area (Å²) in [5.41, 5.74) is 5.71. The molecule has 0 amide bonds. The van der Waals surface area contributed by atoms with E-state index in [-0.39, 0.29) is 0 Å². The highest BCUT2D eigenvalue weighted by molar-refractivity contribution is 5.44. The second-order valence-electron chi connectivity index (χ2n) is 3.66. The van der Waals surface area contributed by atoms with Crippen LogP contribution in [0, 0.1) is 0 Å².